The summed E-state index contributed by atoms with van der Waals surface area (Å²) in [5, 5.41) is 0. The number of hydrogen-bond donors (Lipinski definition) is 0. The quantitative estimate of drug-likeness (QED) is 0.554. The highest BCUT2D eigenvalue weighted by atomic mass is 16.2. The molecule has 2 nitrogen and oxygen atoms in total. The van der Waals surface area contributed by atoms with Crippen LogP contribution in [0.3, 0.4) is 0 Å². The molecule has 0 saturated heterocycles. The van der Waals surface area contributed by atoms with Gasteiger partial charge in [-0.3, -0.25) is 4.79 Å². The van der Waals surface area contributed by atoms with Gasteiger partial charge in [-0.1, -0.05) is 19.4 Å². The van der Waals surface area contributed by atoms with Crippen molar-refractivity contribution in [3.8, 4) is 0 Å². The van der Waals surface area contributed by atoms with Crippen LogP contribution < -0.4 is 0 Å². The van der Waals surface area contributed by atoms with Crippen LogP contribution >= 0.6 is 0 Å². The Morgan fingerprint density at radius 1 is 1.64 bits per heavy atom. The SMILES string of the molecule is C=CCN(CCCC)C(C)=O. The van der Waals surface area contributed by atoms with Crippen LogP contribution in [0.5, 0.6) is 0 Å². The van der Waals surface area contributed by atoms with E-state index in [9.17, 15) is 4.79 Å². The van der Waals surface area contributed by atoms with Gasteiger partial charge in [0.25, 0.3) is 0 Å². The molecule has 0 bridgehead atoms. The predicted molar refractivity (Wildman–Crippen MR) is 47.4 cm³/mol. The summed E-state index contributed by atoms with van der Waals surface area (Å²) in [4.78, 5) is 12.7. The zero-order chi connectivity index (χ0) is 8.69. The summed E-state index contributed by atoms with van der Waals surface area (Å²) in [5.74, 6) is 0.137. The lowest BCUT2D eigenvalue weighted by Crippen LogP contribution is -2.29. The normalized spacial score (nSPS) is 9.27. The minimum Gasteiger partial charge on any atom is -0.339 e. The molecule has 0 unspecified atom stereocenters. The minimum absolute atomic E-state index is 0.137. The van der Waals surface area contributed by atoms with E-state index in [1.807, 2.05) is 0 Å². The van der Waals surface area contributed by atoms with Gasteiger partial charge in [-0.15, -0.1) is 6.58 Å². The molecule has 0 atom stereocenters. The summed E-state index contributed by atoms with van der Waals surface area (Å²) in [6.45, 7) is 8.85. The van der Waals surface area contributed by atoms with Crippen molar-refractivity contribution in [1.82, 2.24) is 4.90 Å². The molecule has 0 spiro atoms. The molecular formula is C9H17NO. The third kappa shape index (κ3) is 4.59. The molecule has 0 aromatic heterocycles. The van der Waals surface area contributed by atoms with Crippen LogP contribution in [-0.4, -0.2) is 23.9 Å². The van der Waals surface area contributed by atoms with Crippen molar-refractivity contribution in [3.63, 3.8) is 0 Å². The van der Waals surface area contributed by atoms with Crippen LogP contribution in [0.25, 0.3) is 0 Å². The molecule has 0 aromatic carbocycles. The Bertz CT molecular complexity index is 132. The Kier molecular flexibility index (Phi) is 5.53. The number of nitrogens with zero attached hydrogens (tertiary/aromatic N) is 1. The van der Waals surface area contributed by atoms with Gasteiger partial charge in [-0.2, -0.15) is 0 Å². The smallest absolute Gasteiger partial charge is 0.219 e. The van der Waals surface area contributed by atoms with Crippen LogP contribution in [0.1, 0.15) is 26.7 Å². The fourth-order valence-corrected chi connectivity index (χ4v) is 0.882. The largest absolute Gasteiger partial charge is 0.339 e. The zero-order valence-corrected chi connectivity index (χ0v) is 7.47. The fraction of sp³-hybridized carbons (Fsp3) is 0.667. The first-order valence-electron chi connectivity index (χ1n) is 4.08. The van der Waals surface area contributed by atoms with Crippen LogP contribution in [0.2, 0.25) is 0 Å². The number of hydrogen-bond acceptors (Lipinski definition) is 1. The van der Waals surface area contributed by atoms with E-state index in [2.05, 4.69) is 13.5 Å². The van der Waals surface area contributed by atoms with E-state index < -0.39 is 0 Å². The number of rotatable bonds is 5. The Balaban J connectivity index is 3.69. The van der Waals surface area contributed by atoms with Gasteiger partial charge < -0.3 is 4.90 Å². The molecule has 0 saturated carbocycles. The van der Waals surface area contributed by atoms with Crippen molar-refractivity contribution in [3.05, 3.63) is 12.7 Å². The standard InChI is InChI=1S/C9H17NO/c1-4-6-8-10(7-5-2)9(3)11/h5H,2,4,6-8H2,1,3H3. The first-order valence-corrected chi connectivity index (χ1v) is 4.08. The number of carbonyl (C=O) groups excluding carboxylic acids is 1. The van der Waals surface area contributed by atoms with Crippen molar-refractivity contribution >= 4 is 5.91 Å². The maximum atomic E-state index is 10.9. The van der Waals surface area contributed by atoms with Crippen LogP contribution in [0.15, 0.2) is 12.7 Å². The van der Waals surface area contributed by atoms with E-state index >= 15 is 0 Å². The Hall–Kier alpha value is -0.790. The Morgan fingerprint density at radius 3 is 2.64 bits per heavy atom. The second-order valence-electron chi connectivity index (χ2n) is 2.61. The highest BCUT2D eigenvalue weighted by Crippen LogP contribution is 1.95. The van der Waals surface area contributed by atoms with E-state index in [1.165, 1.54) is 0 Å². The van der Waals surface area contributed by atoms with E-state index in [-0.39, 0.29) is 5.91 Å². The van der Waals surface area contributed by atoms with Crippen LogP contribution in [-0.2, 0) is 4.79 Å². The van der Waals surface area contributed by atoms with E-state index in [1.54, 1.807) is 17.9 Å². The van der Waals surface area contributed by atoms with Gasteiger partial charge in [0.05, 0.1) is 0 Å². The summed E-state index contributed by atoms with van der Waals surface area (Å²) >= 11 is 0. The highest BCUT2D eigenvalue weighted by molar-refractivity contribution is 5.73. The molecule has 0 aliphatic heterocycles. The molecule has 1 amide bonds. The molecular weight excluding hydrogens is 138 g/mol. The number of amides is 1. The average Bonchev–Trinajstić information content (AvgIpc) is 1.97. The second-order valence-corrected chi connectivity index (χ2v) is 2.61. The lowest BCUT2D eigenvalue weighted by molar-refractivity contribution is -0.128. The predicted octanol–water partition coefficient (Wildman–Crippen LogP) is 1.82. The summed E-state index contributed by atoms with van der Waals surface area (Å²) < 4.78 is 0. The maximum absolute atomic E-state index is 10.9. The molecule has 64 valence electrons. The van der Waals surface area contributed by atoms with Gasteiger partial charge in [0.15, 0.2) is 0 Å². The van der Waals surface area contributed by atoms with E-state index in [4.69, 9.17) is 0 Å². The van der Waals surface area contributed by atoms with Crippen molar-refractivity contribution in [1.29, 1.82) is 0 Å². The lowest BCUT2D eigenvalue weighted by atomic mass is 10.3. The van der Waals surface area contributed by atoms with Crippen LogP contribution in [0, 0.1) is 0 Å². The summed E-state index contributed by atoms with van der Waals surface area (Å²) in [5.41, 5.74) is 0. The third-order valence-electron chi connectivity index (χ3n) is 1.58. The first kappa shape index (κ1) is 10.2. The molecule has 0 N–H and O–H groups in total. The fourth-order valence-electron chi connectivity index (χ4n) is 0.882. The maximum Gasteiger partial charge on any atom is 0.219 e. The molecule has 11 heavy (non-hydrogen) atoms. The molecule has 0 heterocycles. The minimum atomic E-state index is 0.137. The topological polar surface area (TPSA) is 20.3 Å². The van der Waals surface area contributed by atoms with Crippen molar-refractivity contribution in [2.75, 3.05) is 13.1 Å². The Labute approximate surface area is 68.9 Å². The van der Waals surface area contributed by atoms with Gasteiger partial charge in [-0.25, -0.2) is 0 Å². The highest BCUT2D eigenvalue weighted by Gasteiger charge is 2.03. The summed E-state index contributed by atoms with van der Waals surface area (Å²) in [6, 6.07) is 0. The molecule has 0 aromatic rings. The molecule has 2 heteroatoms. The molecule has 0 aliphatic rings. The molecule has 0 aliphatic carbocycles. The van der Waals surface area contributed by atoms with Crippen molar-refractivity contribution < 1.29 is 4.79 Å². The average molecular weight is 155 g/mol. The molecule has 0 rings (SSSR count). The summed E-state index contributed by atoms with van der Waals surface area (Å²) in [6.07, 6.45) is 3.96. The van der Waals surface area contributed by atoms with E-state index in [0.717, 1.165) is 19.4 Å². The molecule has 0 radical (unpaired) electrons. The van der Waals surface area contributed by atoms with Gasteiger partial charge in [0, 0.05) is 20.0 Å². The third-order valence-corrected chi connectivity index (χ3v) is 1.58. The van der Waals surface area contributed by atoms with Gasteiger partial charge in [0.2, 0.25) is 5.91 Å². The molecule has 0 fully saturated rings. The number of carbonyl (C=O) groups is 1. The van der Waals surface area contributed by atoms with E-state index in [0.29, 0.717) is 6.54 Å². The van der Waals surface area contributed by atoms with Gasteiger partial charge in [0.1, 0.15) is 0 Å². The van der Waals surface area contributed by atoms with Crippen LogP contribution in [0.4, 0.5) is 0 Å². The monoisotopic (exact) mass is 155 g/mol. The number of unbranched alkanes of at least 4 members (excludes halogenated alkanes) is 1. The zero-order valence-electron chi connectivity index (χ0n) is 7.47. The lowest BCUT2D eigenvalue weighted by Gasteiger charge is -2.18. The van der Waals surface area contributed by atoms with Crippen molar-refractivity contribution in [2.24, 2.45) is 0 Å². The first-order chi connectivity index (χ1) is 5.22. The second kappa shape index (κ2) is 5.96. The van der Waals surface area contributed by atoms with Crippen molar-refractivity contribution in [2.45, 2.75) is 26.7 Å². The Morgan fingerprint density at radius 2 is 2.27 bits per heavy atom. The summed E-state index contributed by atoms with van der Waals surface area (Å²) in [7, 11) is 0. The van der Waals surface area contributed by atoms with Gasteiger partial charge >= 0.3 is 0 Å². The van der Waals surface area contributed by atoms with Gasteiger partial charge in [-0.05, 0) is 6.42 Å².